The van der Waals surface area contributed by atoms with Crippen LogP contribution in [0, 0.1) is 0 Å². The molecule has 0 heterocycles. The summed E-state index contributed by atoms with van der Waals surface area (Å²) < 4.78 is 0. The first-order valence-corrected chi connectivity index (χ1v) is 3.56. The van der Waals surface area contributed by atoms with Gasteiger partial charge >= 0.3 is 0 Å². The average Bonchev–Trinajstić information content (AvgIpc) is 1.80. The first-order chi connectivity index (χ1) is 4.83. The van der Waals surface area contributed by atoms with Crippen LogP contribution in [0.3, 0.4) is 0 Å². The molecule has 0 saturated heterocycles. The molecule has 0 rings (SSSR count). The Labute approximate surface area is 67.0 Å². The van der Waals surface area contributed by atoms with Crippen LogP contribution in [0.5, 0.6) is 0 Å². The van der Waals surface area contributed by atoms with E-state index in [1.54, 1.807) is 6.92 Å². The maximum absolute atomic E-state index is 10.8. The van der Waals surface area contributed by atoms with Crippen LogP contribution in [-0.2, 0) is 9.63 Å². The van der Waals surface area contributed by atoms with Gasteiger partial charge in [-0.15, -0.1) is 0 Å². The molecular formula is C7H16N2O2. The molecule has 1 unspecified atom stereocenters. The van der Waals surface area contributed by atoms with Gasteiger partial charge in [0, 0.05) is 0 Å². The van der Waals surface area contributed by atoms with E-state index in [0.717, 1.165) is 0 Å². The van der Waals surface area contributed by atoms with E-state index < -0.39 is 6.04 Å². The summed E-state index contributed by atoms with van der Waals surface area (Å²) in [6.07, 6.45) is 0. The lowest BCUT2D eigenvalue weighted by Gasteiger charge is -2.19. The number of carbonyl (C=O) groups is 1. The molecule has 0 aliphatic heterocycles. The van der Waals surface area contributed by atoms with Crippen molar-refractivity contribution in [3.05, 3.63) is 0 Å². The van der Waals surface area contributed by atoms with Crippen molar-refractivity contribution < 1.29 is 9.63 Å². The zero-order chi connectivity index (χ0) is 9.07. The van der Waals surface area contributed by atoms with E-state index >= 15 is 0 Å². The molecule has 0 bridgehead atoms. The van der Waals surface area contributed by atoms with Gasteiger partial charge in [-0.2, -0.15) is 0 Å². The maximum atomic E-state index is 10.8. The van der Waals surface area contributed by atoms with Crippen molar-refractivity contribution >= 4 is 5.91 Å². The molecule has 0 aromatic heterocycles. The lowest BCUT2D eigenvalue weighted by Crippen LogP contribution is -2.42. The van der Waals surface area contributed by atoms with Gasteiger partial charge in [0.05, 0.1) is 11.6 Å². The molecule has 0 saturated carbocycles. The standard InChI is InChI=1S/C7H16N2O2/c1-5(8)6(10)9-11-7(2,3)4/h5H,8H2,1-4H3,(H,9,10). The molecule has 0 fully saturated rings. The second-order valence-corrected chi connectivity index (χ2v) is 3.47. The van der Waals surface area contributed by atoms with E-state index in [9.17, 15) is 4.79 Å². The minimum Gasteiger partial charge on any atom is -0.320 e. The normalized spacial score (nSPS) is 14.3. The van der Waals surface area contributed by atoms with Gasteiger partial charge in [0.2, 0.25) is 0 Å². The maximum Gasteiger partial charge on any atom is 0.260 e. The number of hydrogen-bond donors (Lipinski definition) is 2. The second kappa shape index (κ2) is 3.69. The molecule has 1 atom stereocenters. The number of carbonyl (C=O) groups excluding carboxylic acids is 1. The highest BCUT2D eigenvalue weighted by atomic mass is 16.7. The molecule has 1 amide bonds. The number of nitrogens with one attached hydrogen (secondary N) is 1. The third-order valence-electron chi connectivity index (χ3n) is 0.871. The molecule has 3 N–H and O–H groups in total. The SMILES string of the molecule is CC(N)C(=O)NOC(C)(C)C. The summed E-state index contributed by atoms with van der Waals surface area (Å²) >= 11 is 0. The van der Waals surface area contributed by atoms with Crippen LogP contribution in [0.2, 0.25) is 0 Å². The highest BCUT2D eigenvalue weighted by Crippen LogP contribution is 2.03. The van der Waals surface area contributed by atoms with E-state index in [1.165, 1.54) is 0 Å². The number of rotatable bonds is 2. The van der Waals surface area contributed by atoms with E-state index in [-0.39, 0.29) is 11.5 Å². The number of hydroxylamine groups is 1. The van der Waals surface area contributed by atoms with Crippen molar-refractivity contribution in [1.29, 1.82) is 0 Å². The molecule has 0 radical (unpaired) electrons. The molecule has 0 aliphatic rings. The van der Waals surface area contributed by atoms with Crippen LogP contribution >= 0.6 is 0 Å². The minimum atomic E-state index is -0.530. The minimum absolute atomic E-state index is 0.306. The highest BCUT2D eigenvalue weighted by molar-refractivity contribution is 5.79. The Hall–Kier alpha value is -0.610. The van der Waals surface area contributed by atoms with Crippen molar-refractivity contribution in [3.63, 3.8) is 0 Å². The Morgan fingerprint density at radius 3 is 2.27 bits per heavy atom. The smallest absolute Gasteiger partial charge is 0.260 e. The first kappa shape index (κ1) is 10.4. The zero-order valence-corrected chi connectivity index (χ0v) is 7.47. The van der Waals surface area contributed by atoms with Gasteiger partial charge in [-0.05, 0) is 27.7 Å². The van der Waals surface area contributed by atoms with Crippen LogP contribution in [0.25, 0.3) is 0 Å². The summed E-state index contributed by atoms with van der Waals surface area (Å²) in [6, 6.07) is -0.530. The van der Waals surface area contributed by atoms with Crippen molar-refractivity contribution in [1.82, 2.24) is 5.48 Å². The Morgan fingerprint density at radius 2 is 2.00 bits per heavy atom. The summed E-state index contributed by atoms with van der Waals surface area (Å²) in [7, 11) is 0. The second-order valence-electron chi connectivity index (χ2n) is 3.47. The summed E-state index contributed by atoms with van der Waals surface area (Å²) in [4.78, 5) is 15.8. The third kappa shape index (κ3) is 5.82. The molecule has 0 aromatic carbocycles. The summed E-state index contributed by atoms with van der Waals surface area (Å²) in [6.45, 7) is 7.12. The van der Waals surface area contributed by atoms with Crippen LogP contribution in [0.1, 0.15) is 27.7 Å². The lowest BCUT2D eigenvalue weighted by atomic mass is 10.2. The fourth-order valence-electron chi connectivity index (χ4n) is 0.296. The van der Waals surface area contributed by atoms with Crippen molar-refractivity contribution in [2.45, 2.75) is 39.3 Å². The topological polar surface area (TPSA) is 64.4 Å². The van der Waals surface area contributed by atoms with E-state index in [4.69, 9.17) is 10.6 Å². The van der Waals surface area contributed by atoms with Gasteiger partial charge in [0.15, 0.2) is 0 Å². The van der Waals surface area contributed by atoms with Gasteiger partial charge in [-0.3, -0.25) is 9.63 Å². The molecule has 0 spiro atoms. The van der Waals surface area contributed by atoms with Crippen LogP contribution in [0.4, 0.5) is 0 Å². The van der Waals surface area contributed by atoms with Gasteiger partial charge in [0.1, 0.15) is 0 Å². The summed E-state index contributed by atoms with van der Waals surface area (Å²) in [5.41, 5.74) is 7.16. The van der Waals surface area contributed by atoms with Crippen molar-refractivity contribution in [2.24, 2.45) is 5.73 Å². The molecular weight excluding hydrogens is 144 g/mol. The lowest BCUT2D eigenvalue weighted by molar-refractivity contribution is -0.146. The van der Waals surface area contributed by atoms with Crippen molar-refractivity contribution in [3.8, 4) is 0 Å². The van der Waals surface area contributed by atoms with Crippen molar-refractivity contribution in [2.75, 3.05) is 0 Å². The Bertz CT molecular complexity index is 138. The predicted molar refractivity (Wildman–Crippen MR) is 42.6 cm³/mol. The fourth-order valence-corrected chi connectivity index (χ4v) is 0.296. The van der Waals surface area contributed by atoms with Crippen LogP contribution in [0.15, 0.2) is 0 Å². The summed E-state index contributed by atoms with van der Waals surface area (Å²) in [5.74, 6) is -0.306. The number of amides is 1. The molecule has 0 aromatic rings. The number of hydrogen-bond acceptors (Lipinski definition) is 3. The van der Waals surface area contributed by atoms with Gasteiger partial charge in [-0.25, -0.2) is 5.48 Å². The molecule has 66 valence electrons. The highest BCUT2D eigenvalue weighted by Gasteiger charge is 2.14. The Balaban J connectivity index is 3.64. The largest absolute Gasteiger partial charge is 0.320 e. The Morgan fingerprint density at radius 1 is 1.55 bits per heavy atom. The zero-order valence-electron chi connectivity index (χ0n) is 7.47. The quantitative estimate of drug-likeness (QED) is 0.566. The molecule has 4 heteroatoms. The van der Waals surface area contributed by atoms with Gasteiger partial charge in [-0.1, -0.05) is 0 Å². The average molecular weight is 160 g/mol. The fraction of sp³-hybridized carbons (Fsp3) is 0.857. The molecule has 0 aliphatic carbocycles. The Kier molecular flexibility index (Phi) is 3.48. The molecule has 11 heavy (non-hydrogen) atoms. The first-order valence-electron chi connectivity index (χ1n) is 3.56. The third-order valence-corrected chi connectivity index (χ3v) is 0.871. The van der Waals surface area contributed by atoms with E-state index in [1.807, 2.05) is 20.8 Å². The predicted octanol–water partition coefficient (Wildman–Crippen LogP) is 0.180. The number of nitrogens with two attached hydrogens (primary N) is 1. The van der Waals surface area contributed by atoms with E-state index in [2.05, 4.69) is 5.48 Å². The van der Waals surface area contributed by atoms with Crippen LogP contribution < -0.4 is 11.2 Å². The molecule has 4 nitrogen and oxygen atoms in total. The van der Waals surface area contributed by atoms with E-state index in [0.29, 0.717) is 0 Å². The van der Waals surface area contributed by atoms with Gasteiger partial charge < -0.3 is 5.73 Å². The summed E-state index contributed by atoms with van der Waals surface area (Å²) in [5, 5.41) is 0. The van der Waals surface area contributed by atoms with Gasteiger partial charge in [0.25, 0.3) is 5.91 Å². The monoisotopic (exact) mass is 160 g/mol. The van der Waals surface area contributed by atoms with Crippen LogP contribution in [-0.4, -0.2) is 17.6 Å².